The zero-order valence-electron chi connectivity index (χ0n) is 38.3. The highest BCUT2D eigenvalue weighted by Gasteiger charge is 2.46. The monoisotopic (exact) mass is 822 g/mol. The number of thioether (sulfide) groups is 1. The molecule has 0 radical (unpaired) electrons. The first kappa shape index (κ1) is 41.6. The van der Waals surface area contributed by atoms with Gasteiger partial charge in [0.1, 0.15) is 0 Å². The summed E-state index contributed by atoms with van der Waals surface area (Å²) in [5.41, 5.74) is 15.9. The number of benzene rings is 1. The molecule has 60 heavy (non-hydrogen) atoms. The van der Waals surface area contributed by atoms with Crippen LogP contribution in [0.15, 0.2) is 111 Å². The van der Waals surface area contributed by atoms with E-state index in [2.05, 4.69) is 106 Å². The Labute approximate surface area is 370 Å². The van der Waals surface area contributed by atoms with E-state index in [1.165, 1.54) is 148 Å². The Morgan fingerprint density at radius 3 is 2.37 bits per heavy atom. The Hall–Kier alpha value is -2.45. The average molecular weight is 822 g/mol. The topological polar surface area (TPSA) is 3.24 Å². The van der Waals surface area contributed by atoms with Crippen molar-refractivity contribution in [2.75, 3.05) is 0 Å². The molecule has 3 fully saturated rings. The van der Waals surface area contributed by atoms with Crippen molar-refractivity contribution in [2.24, 2.45) is 40.4 Å². The highest BCUT2D eigenvalue weighted by atomic mass is 32.2. The lowest BCUT2D eigenvalue weighted by molar-refractivity contribution is 0.0631. The Morgan fingerprint density at radius 2 is 1.57 bits per heavy atom. The van der Waals surface area contributed by atoms with Crippen molar-refractivity contribution in [3.63, 3.8) is 0 Å². The standard InChI is InChI=1S/C58H79NS/c1-6-7-17-51-50-19-12-14-21-55(50)60-56(51)38-58(5)33-32-44-35-47(34-39(2)52(44)37-58)59(45-27-22-41(23-28-45)40-15-9-8-10-16-40)46-29-24-42(25-30-46)43-26-31-49-48-18-11-13-20-53(48)57(3,4)54(49)36-43/h6,12,14,19,21,24,29,35-36,39-41,44-45,51-52,56H,1,7-11,13,15-18,20,22-23,25-28,30-34,37-38H2,2-5H3/t39?,41?,44?,45?,51-,52?,56?,58?/m0/s1. The molecule has 1 aromatic rings. The largest absolute Gasteiger partial charge is 0.346 e. The molecular formula is C58H79NS. The van der Waals surface area contributed by atoms with Gasteiger partial charge in [0, 0.05) is 33.0 Å². The number of hydrogen-bond acceptors (Lipinski definition) is 2. The average Bonchev–Trinajstić information content (AvgIpc) is 3.73. The van der Waals surface area contributed by atoms with Crippen molar-refractivity contribution in [1.82, 2.24) is 4.90 Å². The molecule has 0 bridgehead atoms. The molecule has 6 atom stereocenters. The summed E-state index contributed by atoms with van der Waals surface area (Å²) in [6.07, 6.45) is 45.7. The van der Waals surface area contributed by atoms with Crippen LogP contribution in [-0.4, -0.2) is 16.2 Å². The smallest absolute Gasteiger partial charge is 0.0336 e. The number of allylic oxidation sites excluding steroid dienone is 13. The van der Waals surface area contributed by atoms with Gasteiger partial charge in [0.15, 0.2) is 0 Å². The van der Waals surface area contributed by atoms with E-state index in [0.717, 1.165) is 36.0 Å². The van der Waals surface area contributed by atoms with E-state index in [4.69, 9.17) is 0 Å². The predicted octanol–water partition coefficient (Wildman–Crippen LogP) is 16.9. The summed E-state index contributed by atoms with van der Waals surface area (Å²) in [7, 11) is 0. The van der Waals surface area contributed by atoms with Gasteiger partial charge in [0.25, 0.3) is 0 Å². The van der Waals surface area contributed by atoms with Gasteiger partial charge in [0.05, 0.1) is 0 Å². The van der Waals surface area contributed by atoms with Gasteiger partial charge < -0.3 is 4.90 Å². The van der Waals surface area contributed by atoms with Crippen LogP contribution in [0.4, 0.5) is 0 Å². The van der Waals surface area contributed by atoms with Crippen molar-refractivity contribution in [3.8, 4) is 0 Å². The molecule has 0 spiro atoms. The summed E-state index contributed by atoms with van der Waals surface area (Å²) in [6, 6.07) is 10.0. The molecular weight excluding hydrogens is 743 g/mol. The molecule has 9 aliphatic rings. The molecule has 3 saturated carbocycles. The van der Waals surface area contributed by atoms with Crippen LogP contribution in [0, 0.1) is 40.4 Å². The zero-order valence-corrected chi connectivity index (χ0v) is 39.2. The molecule has 1 aliphatic heterocycles. The molecule has 322 valence electrons. The molecule has 1 aromatic carbocycles. The maximum absolute atomic E-state index is 4.11. The van der Waals surface area contributed by atoms with Crippen LogP contribution in [0.5, 0.6) is 0 Å². The SMILES string of the molecule is C=CCC[C@H]1c2ccccc2SC1CC1(C)CCC2C=C(N(C3=CC=C(C4=CC5=C(CC4)C4=C(CCCC4)C5(C)C)CC3)C3CCC(C4CCCCC4)CC3)CC(C)C2C1. The molecule has 0 amide bonds. The van der Waals surface area contributed by atoms with Crippen LogP contribution in [0.25, 0.3) is 0 Å². The Morgan fingerprint density at radius 1 is 0.783 bits per heavy atom. The van der Waals surface area contributed by atoms with Gasteiger partial charge in [-0.2, -0.15) is 0 Å². The van der Waals surface area contributed by atoms with Gasteiger partial charge in [-0.15, -0.1) is 18.3 Å². The number of hydrogen-bond donors (Lipinski definition) is 0. The predicted molar refractivity (Wildman–Crippen MR) is 257 cm³/mol. The minimum atomic E-state index is 0.230. The Balaban J connectivity index is 0.886. The normalized spacial score (nSPS) is 35.4. The van der Waals surface area contributed by atoms with Crippen molar-refractivity contribution >= 4 is 11.8 Å². The first-order valence-electron chi connectivity index (χ1n) is 25.6. The van der Waals surface area contributed by atoms with E-state index < -0.39 is 0 Å². The van der Waals surface area contributed by atoms with Crippen LogP contribution in [0.3, 0.4) is 0 Å². The summed E-state index contributed by atoms with van der Waals surface area (Å²) in [5.74, 6) is 4.98. The van der Waals surface area contributed by atoms with Gasteiger partial charge >= 0.3 is 0 Å². The second-order valence-electron chi connectivity index (χ2n) is 22.6. The summed E-state index contributed by atoms with van der Waals surface area (Å²) in [6.45, 7) is 14.5. The number of rotatable bonds is 10. The lowest BCUT2D eigenvalue weighted by Crippen LogP contribution is -2.43. The molecule has 0 saturated heterocycles. The fraction of sp³-hybridized carbons (Fsp3) is 0.655. The van der Waals surface area contributed by atoms with Crippen LogP contribution < -0.4 is 0 Å². The summed E-state index contributed by atoms with van der Waals surface area (Å²) < 4.78 is 0. The van der Waals surface area contributed by atoms with Gasteiger partial charge in [-0.1, -0.05) is 108 Å². The lowest BCUT2D eigenvalue weighted by Gasteiger charge is -2.50. The summed E-state index contributed by atoms with van der Waals surface area (Å²) >= 11 is 2.21. The third kappa shape index (κ3) is 7.91. The van der Waals surface area contributed by atoms with Gasteiger partial charge in [-0.25, -0.2) is 0 Å². The maximum Gasteiger partial charge on any atom is 0.0336 e. The lowest BCUT2D eigenvalue weighted by atomic mass is 9.58. The molecule has 0 aromatic heterocycles. The second kappa shape index (κ2) is 17.3. The molecule has 0 N–H and O–H groups in total. The first-order chi connectivity index (χ1) is 29.2. The fourth-order valence-electron chi connectivity index (χ4n) is 15.3. The van der Waals surface area contributed by atoms with E-state index >= 15 is 0 Å². The molecule has 1 nitrogen and oxygen atoms in total. The molecule has 1 heterocycles. The highest BCUT2D eigenvalue weighted by molar-refractivity contribution is 8.00. The van der Waals surface area contributed by atoms with Crippen LogP contribution in [-0.2, 0) is 0 Å². The third-order valence-corrected chi connectivity index (χ3v) is 20.0. The molecule has 2 heteroatoms. The van der Waals surface area contributed by atoms with Crippen molar-refractivity contribution in [3.05, 3.63) is 112 Å². The quantitative estimate of drug-likeness (QED) is 0.216. The van der Waals surface area contributed by atoms with Crippen LogP contribution in [0.2, 0.25) is 0 Å². The van der Waals surface area contributed by atoms with Crippen LogP contribution in [0.1, 0.15) is 193 Å². The number of nitrogens with zero attached hydrogens (tertiary/aromatic N) is 1. The fourth-order valence-corrected chi connectivity index (χ4v) is 17.1. The minimum Gasteiger partial charge on any atom is -0.346 e. The van der Waals surface area contributed by atoms with E-state index in [0.29, 0.717) is 22.6 Å². The Kier molecular flexibility index (Phi) is 12.0. The molecule has 10 rings (SSSR count). The van der Waals surface area contributed by atoms with Gasteiger partial charge in [0.2, 0.25) is 0 Å². The Bertz CT molecular complexity index is 1980. The maximum atomic E-state index is 4.11. The molecule has 5 unspecified atom stereocenters. The summed E-state index contributed by atoms with van der Waals surface area (Å²) in [5, 5.41) is 0.708. The third-order valence-electron chi connectivity index (χ3n) is 18.6. The van der Waals surface area contributed by atoms with Crippen molar-refractivity contribution < 1.29 is 0 Å². The van der Waals surface area contributed by atoms with Crippen LogP contribution >= 0.6 is 11.8 Å². The van der Waals surface area contributed by atoms with Gasteiger partial charge in [-0.05, 0) is 208 Å². The first-order valence-corrected chi connectivity index (χ1v) is 26.5. The van der Waals surface area contributed by atoms with Crippen molar-refractivity contribution in [2.45, 2.75) is 204 Å². The summed E-state index contributed by atoms with van der Waals surface area (Å²) in [4.78, 5) is 4.57. The highest BCUT2D eigenvalue weighted by Crippen LogP contribution is 2.59. The zero-order chi connectivity index (χ0) is 41.0. The second-order valence-corrected chi connectivity index (χ2v) is 23.9. The minimum absolute atomic E-state index is 0.230. The molecule has 8 aliphatic carbocycles. The van der Waals surface area contributed by atoms with E-state index in [1.54, 1.807) is 55.3 Å². The van der Waals surface area contributed by atoms with Gasteiger partial charge in [-0.3, -0.25) is 0 Å². The van der Waals surface area contributed by atoms with E-state index in [9.17, 15) is 0 Å². The van der Waals surface area contributed by atoms with E-state index in [-0.39, 0.29) is 5.41 Å². The number of fused-ring (bicyclic) bond motifs is 3. The van der Waals surface area contributed by atoms with Crippen molar-refractivity contribution in [1.29, 1.82) is 0 Å². The van der Waals surface area contributed by atoms with E-state index in [1.807, 2.05) is 0 Å².